The van der Waals surface area contributed by atoms with Gasteiger partial charge in [-0.1, -0.05) is 36.4 Å². The van der Waals surface area contributed by atoms with Crippen LogP contribution in [0.4, 0.5) is 4.79 Å². The molecule has 0 radical (unpaired) electrons. The van der Waals surface area contributed by atoms with E-state index in [0.29, 0.717) is 29.1 Å². The summed E-state index contributed by atoms with van der Waals surface area (Å²) in [5.74, 6) is 0.824. The summed E-state index contributed by atoms with van der Waals surface area (Å²) >= 11 is 0. The van der Waals surface area contributed by atoms with Gasteiger partial charge in [0.05, 0.1) is 11.9 Å². The molecule has 0 spiro atoms. The van der Waals surface area contributed by atoms with Gasteiger partial charge < -0.3 is 19.8 Å². The molecule has 0 fully saturated rings. The van der Waals surface area contributed by atoms with Gasteiger partial charge >= 0.3 is 6.09 Å². The number of ether oxygens (including phenoxy) is 2. The molecule has 0 aliphatic heterocycles. The molecule has 1 aromatic heterocycles. The van der Waals surface area contributed by atoms with E-state index in [4.69, 9.17) is 9.47 Å². The number of rotatable bonds is 5. The van der Waals surface area contributed by atoms with Crippen LogP contribution in [0.15, 0.2) is 53.3 Å². The Morgan fingerprint density at radius 1 is 1.11 bits per heavy atom. The summed E-state index contributed by atoms with van der Waals surface area (Å²) in [5.41, 5.74) is 0.558. The summed E-state index contributed by atoms with van der Waals surface area (Å²) < 4.78 is 11.1. The van der Waals surface area contributed by atoms with Crippen molar-refractivity contribution in [1.29, 1.82) is 0 Å². The number of carbonyl (C=O) groups is 1. The Labute approximate surface area is 162 Å². The second-order valence-corrected chi connectivity index (χ2v) is 7.29. The van der Waals surface area contributed by atoms with Gasteiger partial charge in [-0.2, -0.15) is 0 Å². The molecule has 7 nitrogen and oxygen atoms in total. The first-order valence-corrected chi connectivity index (χ1v) is 8.97. The van der Waals surface area contributed by atoms with Crippen LogP contribution in [-0.4, -0.2) is 21.7 Å². The number of hydrogen-bond donors (Lipinski definition) is 2. The number of hydrogen-bond acceptors (Lipinski definition) is 5. The van der Waals surface area contributed by atoms with E-state index in [1.54, 1.807) is 39.0 Å². The number of nitrogens with one attached hydrogen (secondary N) is 2. The number of carbonyl (C=O) groups excluding carboxylic acids is 1. The van der Waals surface area contributed by atoms with Gasteiger partial charge in [-0.15, -0.1) is 0 Å². The minimum atomic E-state index is -0.604. The zero-order valence-electron chi connectivity index (χ0n) is 16.1. The number of H-pyrrole nitrogens is 1. The van der Waals surface area contributed by atoms with E-state index in [1.807, 2.05) is 30.3 Å². The quantitative estimate of drug-likeness (QED) is 0.705. The van der Waals surface area contributed by atoms with E-state index >= 15 is 0 Å². The van der Waals surface area contributed by atoms with Crippen LogP contribution >= 0.6 is 0 Å². The van der Waals surface area contributed by atoms with Crippen molar-refractivity contribution in [2.24, 2.45) is 0 Å². The highest BCUT2D eigenvalue weighted by molar-refractivity contribution is 5.83. The molecule has 28 heavy (non-hydrogen) atoms. The van der Waals surface area contributed by atoms with Crippen LogP contribution in [0, 0.1) is 0 Å². The smallest absolute Gasteiger partial charge is 0.408 e. The summed E-state index contributed by atoms with van der Waals surface area (Å²) in [6.07, 6.45) is -0.580. The molecule has 146 valence electrons. The Bertz CT molecular complexity index is 1020. The second kappa shape index (κ2) is 8.12. The van der Waals surface area contributed by atoms with E-state index in [0.717, 1.165) is 5.56 Å². The lowest BCUT2D eigenvalue weighted by atomic mass is 10.2. The average Bonchev–Trinajstić information content (AvgIpc) is 2.64. The first-order valence-electron chi connectivity index (χ1n) is 8.97. The number of alkyl carbamates (subject to hydrolysis) is 1. The summed E-state index contributed by atoms with van der Waals surface area (Å²) in [4.78, 5) is 31.4. The third kappa shape index (κ3) is 5.09. The Morgan fingerprint density at radius 3 is 2.57 bits per heavy atom. The normalized spacial score (nSPS) is 11.2. The van der Waals surface area contributed by atoms with Crippen molar-refractivity contribution in [3.63, 3.8) is 0 Å². The summed E-state index contributed by atoms with van der Waals surface area (Å²) in [7, 11) is 0. The number of amides is 1. The minimum Gasteiger partial charge on any atom is -0.487 e. The molecule has 3 rings (SSSR count). The Morgan fingerprint density at radius 2 is 1.86 bits per heavy atom. The predicted octanol–water partition coefficient (Wildman–Crippen LogP) is 3.53. The molecular formula is C21H23N3O4. The zero-order valence-corrected chi connectivity index (χ0v) is 16.1. The van der Waals surface area contributed by atoms with Gasteiger partial charge in [-0.05, 0) is 38.5 Å². The van der Waals surface area contributed by atoms with E-state index in [2.05, 4.69) is 15.3 Å². The van der Waals surface area contributed by atoms with Crippen molar-refractivity contribution in [3.8, 4) is 5.75 Å². The molecule has 0 bridgehead atoms. The maximum Gasteiger partial charge on any atom is 0.408 e. The molecule has 1 heterocycles. The number of benzene rings is 2. The number of aromatic amines is 1. The van der Waals surface area contributed by atoms with Crippen LogP contribution in [-0.2, 0) is 17.9 Å². The topological polar surface area (TPSA) is 93.3 Å². The predicted molar refractivity (Wildman–Crippen MR) is 106 cm³/mol. The van der Waals surface area contributed by atoms with Crippen molar-refractivity contribution < 1.29 is 14.3 Å². The molecule has 0 atom stereocenters. The van der Waals surface area contributed by atoms with Crippen LogP contribution in [0.25, 0.3) is 10.9 Å². The van der Waals surface area contributed by atoms with Gasteiger partial charge in [0.25, 0.3) is 5.56 Å². The summed E-state index contributed by atoms with van der Waals surface area (Å²) in [6.45, 7) is 5.73. The molecule has 0 aliphatic carbocycles. The SMILES string of the molecule is CC(C)(C)OC(=O)NCc1nc2c(OCc3ccccc3)cccc2c(=O)[nH]1. The lowest BCUT2D eigenvalue weighted by Crippen LogP contribution is -2.33. The van der Waals surface area contributed by atoms with Crippen molar-refractivity contribution in [2.45, 2.75) is 39.5 Å². The first-order chi connectivity index (χ1) is 13.3. The lowest BCUT2D eigenvalue weighted by Gasteiger charge is -2.19. The van der Waals surface area contributed by atoms with Gasteiger partial charge in [0.15, 0.2) is 0 Å². The molecule has 0 saturated carbocycles. The van der Waals surface area contributed by atoms with Crippen molar-refractivity contribution >= 4 is 17.0 Å². The Balaban J connectivity index is 1.80. The van der Waals surface area contributed by atoms with Crippen molar-refractivity contribution in [3.05, 3.63) is 70.3 Å². The third-order valence-corrected chi connectivity index (χ3v) is 3.78. The lowest BCUT2D eigenvalue weighted by molar-refractivity contribution is 0.0522. The summed E-state index contributed by atoms with van der Waals surface area (Å²) in [6, 6.07) is 14.9. The molecule has 0 aliphatic rings. The number of aromatic nitrogens is 2. The first kappa shape index (κ1) is 19.4. The largest absolute Gasteiger partial charge is 0.487 e. The van der Waals surface area contributed by atoms with E-state index in [9.17, 15) is 9.59 Å². The molecular weight excluding hydrogens is 358 g/mol. The standard InChI is InChI=1S/C21H23N3O4/c1-21(2,3)28-20(26)22-12-17-23-18-15(19(25)24-17)10-7-11-16(18)27-13-14-8-5-4-6-9-14/h4-11H,12-13H2,1-3H3,(H,22,26)(H,23,24,25). The van der Waals surface area contributed by atoms with Gasteiger partial charge in [-0.25, -0.2) is 9.78 Å². The molecule has 1 amide bonds. The fraction of sp³-hybridized carbons (Fsp3) is 0.286. The zero-order chi connectivity index (χ0) is 20.1. The molecule has 3 aromatic rings. The monoisotopic (exact) mass is 381 g/mol. The summed E-state index contributed by atoms with van der Waals surface area (Å²) in [5, 5.41) is 3.01. The Hall–Kier alpha value is -3.35. The average molecular weight is 381 g/mol. The second-order valence-electron chi connectivity index (χ2n) is 7.29. The van der Waals surface area contributed by atoms with Crippen LogP contribution in [0.5, 0.6) is 5.75 Å². The molecule has 7 heteroatoms. The van der Waals surface area contributed by atoms with Crippen molar-refractivity contribution in [1.82, 2.24) is 15.3 Å². The number of fused-ring (bicyclic) bond motifs is 1. The van der Waals surface area contributed by atoms with E-state index in [-0.39, 0.29) is 12.1 Å². The van der Waals surface area contributed by atoms with Gasteiger partial charge in [0, 0.05) is 0 Å². The van der Waals surface area contributed by atoms with Crippen LogP contribution < -0.4 is 15.6 Å². The fourth-order valence-electron chi connectivity index (χ4n) is 2.59. The Kier molecular flexibility index (Phi) is 5.63. The fourth-order valence-corrected chi connectivity index (χ4v) is 2.59. The highest BCUT2D eigenvalue weighted by atomic mass is 16.6. The highest BCUT2D eigenvalue weighted by Crippen LogP contribution is 2.22. The van der Waals surface area contributed by atoms with E-state index < -0.39 is 11.7 Å². The van der Waals surface area contributed by atoms with Crippen LogP contribution in [0.2, 0.25) is 0 Å². The van der Waals surface area contributed by atoms with Gasteiger partial charge in [-0.3, -0.25) is 4.79 Å². The van der Waals surface area contributed by atoms with E-state index in [1.165, 1.54) is 0 Å². The van der Waals surface area contributed by atoms with Crippen molar-refractivity contribution in [2.75, 3.05) is 0 Å². The van der Waals surface area contributed by atoms with Gasteiger partial charge in [0.2, 0.25) is 0 Å². The third-order valence-electron chi connectivity index (χ3n) is 3.78. The number of para-hydroxylation sites is 1. The molecule has 2 N–H and O–H groups in total. The number of nitrogens with zero attached hydrogens (tertiary/aromatic N) is 1. The maximum absolute atomic E-state index is 12.4. The molecule has 2 aromatic carbocycles. The maximum atomic E-state index is 12.4. The van der Waals surface area contributed by atoms with Crippen LogP contribution in [0.3, 0.4) is 0 Å². The highest BCUT2D eigenvalue weighted by Gasteiger charge is 2.16. The molecule has 0 saturated heterocycles. The van der Waals surface area contributed by atoms with Gasteiger partial charge in [0.1, 0.15) is 29.3 Å². The van der Waals surface area contributed by atoms with Crippen LogP contribution in [0.1, 0.15) is 32.2 Å². The molecule has 0 unspecified atom stereocenters. The minimum absolute atomic E-state index is 0.0348.